The molecule has 0 unspecified atom stereocenters. The fraction of sp³-hybridized carbons (Fsp3) is 0.474. The molecule has 2 aromatic carbocycles. The van der Waals surface area contributed by atoms with Gasteiger partial charge in [0.05, 0.1) is 18.1 Å². The Labute approximate surface area is 295 Å². The quantitative estimate of drug-likeness (QED) is 0.0799. The number of nitrogens with one attached hydrogen (secondary N) is 2. The largest absolute Gasteiger partial charge is 0.330 e. The minimum Gasteiger partial charge on any atom is -0.330 e. The summed E-state index contributed by atoms with van der Waals surface area (Å²) in [6, 6.07) is 9.77. The van der Waals surface area contributed by atoms with Crippen molar-refractivity contribution in [2.24, 2.45) is 39.4 Å². The number of amides is 3. The number of anilines is 2. The van der Waals surface area contributed by atoms with Crippen LogP contribution in [-0.4, -0.2) is 61.7 Å². The second-order valence-corrected chi connectivity index (χ2v) is 13.2. The predicted molar refractivity (Wildman–Crippen MR) is 202 cm³/mol. The molecule has 5 rings (SSSR count). The van der Waals surface area contributed by atoms with Crippen molar-refractivity contribution in [2.75, 3.05) is 30.3 Å². The minimum absolute atomic E-state index is 0.178. The number of rotatable bonds is 19. The minimum atomic E-state index is -0.726. The maximum Gasteiger partial charge on any atom is 0.262 e. The van der Waals surface area contributed by atoms with Crippen molar-refractivity contribution in [3.8, 4) is 0 Å². The highest BCUT2D eigenvalue weighted by Gasteiger charge is 2.42. The molecule has 0 saturated heterocycles. The van der Waals surface area contributed by atoms with Crippen LogP contribution in [0.15, 0.2) is 64.7 Å². The Balaban J connectivity index is 1.73. The number of carbonyl (C=O) groups is 3. The number of hydrogen-bond donors (Lipinski definition) is 8. The van der Waals surface area contributed by atoms with Crippen LogP contribution in [0.25, 0.3) is 0 Å². The first kappa shape index (κ1) is 38.8. The van der Waals surface area contributed by atoms with E-state index in [0.29, 0.717) is 50.3 Å². The van der Waals surface area contributed by atoms with Gasteiger partial charge in [-0.3, -0.25) is 14.4 Å². The summed E-state index contributed by atoms with van der Waals surface area (Å²) in [6.45, 7) is 3.60. The monoisotopic (exact) mass is 685 g/mol. The number of nitrogens with two attached hydrogens (primary N) is 6. The standard InChI is InChI=1S/C38H55N9O3/c1-2-9-25-30(22-45-36(48)31(42)10-3-6-17-39)35-28-20-23(46-37(49)32(43)11-4-7-18-40)13-15-26(28)34(25)27-16-14-24(21-29(27)35)47-38(50)33(44)12-5-8-19-41/h2,9,13-16,20-22,31-35H,3-8,10-12,17-19,39-44H2,1H3,(H,46,49)(H,47,50)/b9-2-,45-22+/t31-,32-,33-,34?,35?/m1/s1. The Morgan fingerprint density at radius 1 is 0.660 bits per heavy atom. The average molecular weight is 686 g/mol. The van der Waals surface area contributed by atoms with Crippen LogP contribution in [0.1, 0.15) is 98.8 Å². The number of nitrogens with zero attached hydrogens (tertiary/aromatic N) is 1. The van der Waals surface area contributed by atoms with Crippen LogP contribution in [-0.2, 0) is 14.4 Å². The van der Waals surface area contributed by atoms with Crippen LogP contribution in [0.3, 0.4) is 0 Å². The zero-order valence-electron chi connectivity index (χ0n) is 29.2. The molecule has 270 valence electrons. The third-order valence-electron chi connectivity index (χ3n) is 9.48. The van der Waals surface area contributed by atoms with Gasteiger partial charge in [-0.2, -0.15) is 0 Å². The number of hydrogen-bond acceptors (Lipinski definition) is 9. The Morgan fingerprint density at radius 3 is 1.54 bits per heavy atom. The van der Waals surface area contributed by atoms with Crippen molar-refractivity contribution in [1.82, 2.24) is 0 Å². The van der Waals surface area contributed by atoms with Crippen molar-refractivity contribution < 1.29 is 14.4 Å². The summed E-state index contributed by atoms with van der Waals surface area (Å²) < 4.78 is 0. The number of unbranched alkanes of at least 4 members (excludes halogenated alkanes) is 3. The molecule has 0 spiro atoms. The summed E-state index contributed by atoms with van der Waals surface area (Å²) in [7, 11) is 0. The molecule has 0 radical (unpaired) electrons. The molecule has 3 aliphatic rings. The highest BCUT2D eigenvalue weighted by molar-refractivity contribution is 5.99. The highest BCUT2D eigenvalue weighted by Crippen LogP contribution is 2.56. The molecule has 0 fully saturated rings. The lowest BCUT2D eigenvalue weighted by atomic mass is 9.61. The molecule has 0 saturated carbocycles. The molecule has 2 aromatic rings. The lowest BCUT2D eigenvalue weighted by Crippen LogP contribution is -2.36. The number of carbonyl (C=O) groups excluding carboxylic acids is 3. The molecule has 3 amide bonds. The first-order valence-corrected chi connectivity index (χ1v) is 17.9. The smallest absolute Gasteiger partial charge is 0.262 e. The molecule has 3 atom stereocenters. The molecular weight excluding hydrogens is 630 g/mol. The molecule has 14 N–H and O–H groups in total. The van der Waals surface area contributed by atoms with Gasteiger partial charge in [0, 0.05) is 29.4 Å². The van der Waals surface area contributed by atoms with Gasteiger partial charge >= 0.3 is 0 Å². The van der Waals surface area contributed by atoms with E-state index in [1.165, 1.54) is 0 Å². The summed E-state index contributed by atoms with van der Waals surface area (Å²) in [5.41, 5.74) is 42.7. The second kappa shape index (κ2) is 18.8. The maximum atomic E-state index is 13.1. The molecule has 0 aliphatic heterocycles. The topological polar surface area (TPSA) is 244 Å². The highest BCUT2D eigenvalue weighted by atomic mass is 16.2. The first-order chi connectivity index (χ1) is 24.1. The predicted octanol–water partition coefficient (Wildman–Crippen LogP) is 2.99. The number of allylic oxidation sites excluding steroid dienone is 4. The van der Waals surface area contributed by atoms with Crippen LogP contribution in [0.2, 0.25) is 0 Å². The third-order valence-corrected chi connectivity index (χ3v) is 9.48. The molecule has 0 aromatic heterocycles. The average Bonchev–Trinajstić information content (AvgIpc) is 3.11. The van der Waals surface area contributed by atoms with E-state index in [-0.39, 0.29) is 23.7 Å². The summed E-state index contributed by atoms with van der Waals surface area (Å²) in [5, 5.41) is 5.99. The lowest BCUT2D eigenvalue weighted by molar-refractivity contribution is -0.119. The van der Waals surface area contributed by atoms with Crippen LogP contribution in [0, 0.1) is 0 Å². The summed E-state index contributed by atoms with van der Waals surface area (Å²) in [4.78, 5) is 43.5. The van der Waals surface area contributed by atoms with E-state index in [4.69, 9.17) is 34.4 Å². The van der Waals surface area contributed by atoms with E-state index in [2.05, 4.69) is 21.7 Å². The number of aliphatic imine (C=N–C) groups is 1. The summed E-state index contributed by atoms with van der Waals surface area (Å²) in [5.74, 6) is -1.46. The van der Waals surface area contributed by atoms with Gasteiger partial charge in [-0.05, 0) is 123 Å². The second-order valence-electron chi connectivity index (χ2n) is 13.2. The van der Waals surface area contributed by atoms with Crippen LogP contribution < -0.4 is 45.0 Å². The molecular formula is C38H55N9O3. The van der Waals surface area contributed by atoms with E-state index in [1.807, 2.05) is 49.4 Å². The number of benzene rings is 2. The van der Waals surface area contributed by atoms with E-state index >= 15 is 0 Å². The maximum absolute atomic E-state index is 13.1. The van der Waals surface area contributed by atoms with Gasteiger partial charge in [0.1, 0.15) is 0 Å². The Kier molecular flexibility index (Phi) is 14.6. The molecule has 12 nitrogen and oxygen atoms in total. The van der Waals surface area contributed by atoms with Crippen molar-refractivity contribution in [3.05, 3.63) is 82.0 Å². The van der Waals surface area contributed by atoms with Crippen molar-refractivity contribution >= 4 is 35.3 Å². The van der Waals surface area contributed by atoms with E-state index in [0.717, 1.165) is 71.9 Å². The SMILES string of the molecule is C/C=C\C1=C(/C=N/C(=O)[C@H](N)CCCCN)C2c3cc(NC(=O)[C@H](N)CCCCN)ccc3C1c1ccc(NC(=O)[C@H](N)CCCCN)cc12. The van der Waals surface area contributed by atoms with Crippen molar-refractivity contribution in [1.29, 1.82) is 0 Å². The van der Waals surface area contributed by atoms with Crippen LogP contribution in [0.5, 0.6) is 0 Å². The van der Waals surface area contributed by atoms with Gasteiger partial charge in [-0.15, -0.1) is 0 Å². The zero-order valence-corrected chi connectivity index (χ0v) is 29.2. The Morgan fingerprint density at radius 2 is 1.10 bits per heavy atom. The summed E-state index contributed by atoms with van der Waals surface area (Å²) >= 11 is 0. The molecule has 50 heavy (non-hydrogen) atoms. The van der Waals surface area contributed by atoms with Crippen molar-refractivity contribution in [3.63, 3.8) is 0 Å². The van der Waals surface area contributed by atoms with Crippen LogP contribution in [0.4, 0.5) is 11.4 Å². The van der Waals surface area contributed by atoms with Crippen molar-refractivity contribution in [2.45, 2.75) is 94.7 Å². The lowest BCUT2D eigenvalue weighted by Gasteiger charge is -2.42. The van der Waals surface area contributed by atoms with E-state index < -0.39 is 24.0 Å². The molecule has 12 heteroatoms. The van der Waals surface area contributed by atoms with Gasteiger partial charge in [0.2, 0.25) is 11.8 Å². The zero-order chi connectivity index (χ0) is 36.2. The third kappa shape index (κ3) is 9.39. The Bertz CT molecular complexity index is 1520. The summed E-state index contributed by atoms with van der Waals surface area (Å²) in [6.07, 6.45) is 11.9. The molecule has 2 bridgehead atoms. The fourth-order valence-electron chi connectivity index (χ4n) is 6.80. The Hall–Kier alpha value is -4.04. The van der Waals surface area contributed by atoms with Gasteiger partial charge in [-0.25, -0.2) is 4.99 Å². The van der Waals surface area contributed by atoms with Gasteiger partial charge < -0.3 is 45.0 Å². The van der Waals surface area contributed by atoms with Gasteiger partial charge in [0.15, 0.2) is 0 Å². The van der Waals surface area contributed by atoms with E-state index in [1.54, 1.807) is 6.21 Å². The van der Waals surface area contributed by atoms with Crippen LogP contribution >= 0.6 is 0 Å². The van der Waals surface area contributed by atoms with Gasteiger partial charge in [-0.1, -0.05) is 43.5 Å². The fourth-order valence-corrected chi connectivity index (χ4v) is 6.80. The van der Waals surface area contributed by atoms with E-state index in [9.17, 15) is 14.4 Å². The molecule has 3 aliphatic carbocycles. The first-order valence-electron chi connectivity index (χ1n) is 17.9. The van der Waals surface area contributed by atoms with Gasteiger partial charge in [0.25, 0.3) is 5.91 Å². The normalized spacial score (nSPS) is 18.2. The molecule has 0 heterocycles.